The highest BCUT2D eigenvalue weighted by atomic mass is 28.3. The molecule has 4 heteroatoms. The maximum atomic E-state index is 6.94. The fraction of sp³-hybridized carbons (Fsp3) is 0.931. The lowest BCUT2D eigenvalue weighted by Gasteiger charge is -2.65. The predicted octanol–water partition coefficient (Wildman–Crippen LogP) is 6.97. The van der Waals surface area contributed by atoms with E-state index in [0.29, 0.717) is 30.0 Å². The number of allylic oxidation sites excluding steroid dienone is 1. The molecule has 1 saturated heterocycles. The molecule has 4 aliphatic carbocycles. The largest absolute Gasteiger partial charge is 0.417 e. The molecule has 1 unspecified atom stereocenters. The zero-order chi connectivity index (χ0) is 24.0. The van der Waals surface area contributed by atoms with Gasteiger partial charge < -0.3 is 13.9 Å². The summed E-state index contributed by atoms with van der Waals surface area (Å²) in [6.07, 6.45) is 10.5. The minimum Gasteiger partial charge on any atom is -0.417 e. The van der Waals surface area contributed by atoms with Gasteiger partial charge in [-0.15, -0.1) is 0 Å². The summed E-state index contributed by atoms with van der Waals surface area (Å²) < 4.78 is 19.8. The van der Waals surface area contributed by atoms with Crippen molar-refractivity contribution in [2.24, 2.45) is 45.3 Å². The summed E-state index contributed by atoms with van der Waals surface area (Å²) in [5.74, 6) is 2.68. The van der Waals surface area contributed by atoms with E-state index in [1.165, 1.54) is 32.1 Å². The highest BCUT2D eigenvalue weighted by Gasteiger charge is 2.69. The summed E-state index contributed by atoms with van der Waals surface area (Å²) in [7, 11) is -1.21. The van der Waals surface area contributed by atoms with Crippen molar-refractivity contribution in [3.63, 3.8) is 0 Å². The summed E-state index contributed by atoms with van der Waals surface area (Å²) in [6.45, 7) is 23.6. The first-order valence-corrected chi connectivity index (χ1v) is 16.7. The Morgan fingerprint density at radius 3 is 2.24 bits per heavy atom. The van der Waals surface area contributed by atoms with Crippen LogP contribution in [0.3, 0.4) is 0 Å². The molecule has 0 bridgehead atoms. The van der Waals surface area contributed by atoms with Crippen LogP contribution in [0.25, 0.3) is 0 Å². The molecule has 33 heavy (non-hydrogen) atoms. The topological polar surface area (TPSA) is 27.7 Å². The zero-order valence-corrected chi connectivity index (χ0v) is 24.1. The minimum atomic E-state index is -1.21. The van der Waals surface area contributed by atoms with E-state index in [2.05, 4.69) is 67.6 Å². The summed E-state index contributed by atoms with van der Waals surface area (Å²) in [6, 6.07) is 0. The summed E-state index contributed by atoms with van der Waals surface area (Å²) in [5, 5.41) is 0. The molecule has 1 aliphatic heterocycles. The van der Waals surface area contributed by atoms with Crippen LogP contribution in [-0.4, -0.2) is 34.1 Å². The van der Waals surface area contributed by atoms with Crippen molar-refractivity contribution in [2.75, 3.05) is 13.2 Å². The average Bonchev–Trinajstić information content (AvgIpc) is 3.31. The molecule has 0 aromatic carbocycles. The molecule has 188 valence electrons. The standard InChI is InChI=1S/C29H50O3Si/c1-25(2,3)22-13-11-20-19-10-12-23-26(4,5)29(30-16-17-31-29)18-24(32-33(8)9)28(23,7)21(19)14-15-27(20,22)6/h12,19-22,24,33H,10-11,13-18H2,1-9H3/t19-,20-,21-,22+,24?,27-,28+/m0/s1. The zero-order valence-electron chi connectivity index (χ0n) is 22.9. The van der Waals surface area contributed by atoms with E-state index < -0.39 is 14.8 Å². The van der Waals surface area contributed by atoms with Gasteiger partial charge in [0.2, 0.25) is 0 Å². The van der Waals surface area contributed by atoms with Gasteiger partial charge in [0.1, 0.15) is 0 Å². The van der Waals surface area contributed by atoms with Crippen LogP contribution < -0.4 is 0 Å². The molecule has 5 aliphatic rings. The Kier molecular flexibility index (Phi) is 5.70. The van der Waals surface area contributed by atoms with E-state index in [1.807, 2.05) is 0 Å². The smallest absolute Gasteiger partial charge is 0.179 e. The predicted molar refractivity (Wildman–Crippen MR) is 138 cm³/mol. The Bertz CT molecular complexity index is 804. The Morgan fingerprint density at radius 1 is 0.970 bits per heavy atom. The number of ether oxygens (including phenoxy) is 2. The molecule has 0 N–H and O–H groups in total. The fourth-order valence-corrected chi connectivity index (χ4v) is 11.2. The van der Waals surface area contributed by atoms with Gasteiger partial charge in [-0.05, 0) is 79.7 Å². The van der Waals surface area contributed by atoms with Crippen LogP contribution in [0.2, 0.25) is 13.1 Å². The molecule has 0 aromatic rings. The lowest BCUT2D eigenvalue weighted by atomic mass is 9.42. The molecule has 0 amide bonds. The number of hydrogen-bond acceptors (Lipinski definition) is 3. The van der Waals surface area contributed by atoms with Crippen molar-refractivity contribution in [3.8, 4) is 0 Å². The van der Waals surface area contributed by atoms with Crippen LogP contribution in [0, 0.1) is 45.3 Å². The molecule has 3 nitrogen and oxygen atoms in total. The molecule has 0 radical (unpaired) electrons. The van der Waals surface area contributed by atoms with Gasteiger partial charge in [-0.25, -0.2) is 0 Å². The molecule has 0 aromatic heterocycles. The number of rotatable bonds is 2. The van der Waals surface area contributed by atoms with Gasteiger partial charge in [-0.1, -0.05) is 60.1 Å². The van der Waals surface area contributed by atoms with Gasteiger partial charge in [0, 0.05) is 17.3 Å². The fourth-order valence-electron chi connectivity index (χ4n) is 10.2. The normalized spacial score (nSPS) is 46.1. The quantitative estimate of drug-likeness (QED) is 0.319. The van der Waals surface area contributed by atoms with Gasteiger partial charge in [0.25, 0.3) is 0 Å². The van der Waals surface area contributed by atoms with E-state index in [1.54, 1.807) is 5.57 Å². The van der Waals surface area contributed by atoms with E-state index >= 15 is 0 Å². The van der Waals surface area contributed by atoms with Crippen LogP contribution in [-0.2, 0) is 13.9 Å². The van der Waals surface area contributed by atoms with Gasteiger partial charge in [0.15, 0.2) is 14.8 Å². The lowest BCUT2D eigenvalue weighted by molar-refractivity contribution is -0.267. The minimum absolute atomic E-state index is 0.0887. The number of fused-ring (bicyclic) bond motifs is 5. The third kappa shape index (κ3) is 3.29. The van der Waals surface area contributed by atoms with E-state index in [-0.39, 0.29) is 16.9 Å². The third-order valence-electron chi connectivity index (χ3n) is 11.4. The van der Waals surface area contributed by atoms with E-state index in [4.69, 9.17) is 13.9 Å². The van der Waals surface area contributed by atoms with Crippen molar-refractivity contribution >= 4 is 9.04 Å². The number of hydrogen-bond donors (Lipinski definition) is 0. The highest BCUT2D eigenvalue weighted by molar-refractivity contribution is 6.48. The summed E-state index contributed by atoms with van der Waals surface area (Å²) in [4.78, 5) is 0. The van der Waals surface area contributed by atoms with Gasteiger partial charge >= 0.3 is 0 Å². The highest BCUT2D eigenvalue weighted by Crippen LogP contribution is 2.71. The molecular formula is C29H50O3Si. The van der Waals surface area contributed by atoms with Crippen LogP contribution in [0.1, 0.15) is 87.0 Å². The van der Waals surface area contributed by atoms with Crippen LogP contribution in [0.4, 0.5) is 0 Å². The average molecular weight is 475 g/mol. The molecule has 4 fully saturated rings. The molecule has 7 atom stereocenters. The molecular weight excluding hydrogens is 424 g/mol. The van der Waals surface area contributed by atoms with E-state index in [0.717, 1.165) is 24.2 Å². The van der Waals surface area contributed by atoms with E-state index in [9.17, 15) is 0 Å². The Hall–Kier alpha value is -0.163. The Labute approximate surface area is 205 Å². The monoisotopic (exact) mass is 474 g/mol. The first kappa shape index (κ1) is 24.5. The van der Waals surface area contributed by atoms with Gasteiger partial charge in [0.05, 0.1) is 19.3 Å². The lowest BCUT2D eigenvalue weighted by Crippen LogP contribution is -2.65. The maximum absolute atomic E-state index is 6.94. The van der Waals surface area contributed by atoms with Crippen LogP contribution in [0.5, 0.6) is 0 Å². The van der Waals surface area contributed by atoms with Gasteiger partial charge in [-0.3, -0.25) is 0 Å². The second kappa shape index (κ2) is 7.67. The first-order chi connectivity index (χ1) is 15.3. The summed E-state index contributed by atoms with van der Waals surface area (Å²) >= 11 is 0. The second-order valence-corrected chi connectivity index (χ2v) is 16.9. The molecule has 3 saturated carbocycles. The molecule has 1 heterocycles. The Morgan fingerprint density at radius 2 is 1.64 bits per heavy atom. The van der Waals surface area contributed by atoms with Gasteiger partial charge in [-0.2, -0.15) is 0 Å². The SMILES string of the molecule is C[SiH](C)OC1CC2(OCCO2)C(C)(C)C2=CC[C@H]3[C@@H]4CC[C@H](C(C)(C)C)[C@@]4(C)CC[C@@H]3[C@]21C. The maximum Gasteiger partial charge on any atom is 0.179 e. The van der Waals surface area contributed by atoms with Crippen molar-refractivity contribution in [3.05, 3.63) is 11.6 Å². The first-order valence-electron chi connectivity index (χ1n) is 13.9. The summed E-state index contributed by atoms with van der Waals surface area (Å²) in [5.41, 5.74) is 2.45. The molecule has 1 spiro atoms. The van der Waals surface area contributed by atoms with Crippen molar-refractivity contribution in [1.82, 2.24) is 0 Å². The third-order valence-corrected chi connectivity index (χ3v) is 12.2. The van der Waals surface area contributed by atoms with Crippen LogP contribution in [0.15, 0.2) is 11.6 Å². The molecule has 5 rings (SSSR count). The van der Waals surface area contributed by atoms with Crippen LogP contribution >= 0.6 is 0 Å². The Balaban J connectivity index is 1.57. The van der Waals surface area contributed by atoms with Crippen molar-refractivity contribution in [2.45, 2.75) is 112 Å². The van der Waals surface area contributed by atoms with Crippen molar-refractivity contribution in [1.29, 1.82) is 0 Å². The van der Waals surface area contributed by atoms with Crippen molar-refractivity contribution < 1.29 is 13.9 Å². The second-order valence-electron chi connectivity index (χ2n) is 14.5.